The van der Waals surface area contributed by atoms with Gasteiger partial charge in [-0.3, -0.25) is 9.48 Å². The molecule has 0 aliphatic carbocycles. The Labute approximate surface area is 114 Å². The van der Waals surface area contributed by atoms with E-state index < -0.39 is 0 Å². The molecule has 2 heterocycles. The third-order valence-corrected chi connectivity index (χ3v) is 4.26. The highest BCUT2D eigenvalue weighted by molar-refractivity contribution is 7.99. The second-order valence-corrected chi connectivity index (χ2v) is 5.76. The van der Waals surface area contributed by atoms with E-state index >= 15 is 0 Å². The molecule has 4 nitrogen and oxygen atoms in total. The molecule has 1 aliphatic heterocycles. The zero-order valence-corrected chi connectivity index (χ0v) is 11.4. The average molecular weight is 279 g/mol. The Balaban J connectivity index is 2.04. The second kappa shape index (κ2) is 4.85. The van der Waals surface area contributed by atoms with Crippen LogP contribution < -0.4 is 0 Å². The zero-order chi connectivity index (χ0) is 13.4. The minimum atomic E-state index is -0.344. The van der Waals surface area contributed by atoms with Crippen molar-refractivity contribution in [2.45, 2.75) is 0 Å². The van der Waals surface area contributed by atoms with E-state index in [2.05, 4.69) is 5.10 Å². The third kappa shape index (κ3) is 2.20. The van der Waals surface area contributed by atoms with E-state index in [4.69, 9.17) is 0 Å². The quantitative estimate of drug-likeness (QED) is 0.800. The molecule has 1 saturated heterocycles. The van der Waals surface area contributed by atoms with Gasteiger partial charge in [-0.05, 0) is 18.2 Å². The lowest BCUT2D eigenvalue weighted by molar-refractivity contribution is 0.0767. The van der Waals surface area contributed by atoms with Gasteiger partial charge in [0, 0.05) is 37.0 Å². The first-order valence-electron chi connectivity index (χ1n) is 6.16. The predicted octanol–water partition coefficient (Wildman–Crippen LogP) is 1.90. The number of hydrogen-bond donors (Lipinski definition) is 0. The molecule has 1 aromatic carbocycles. The molecule has 0 unspecified atom stereocenters. The number of nitrogens with zero attached hydrogens (tertiary/aromatic N) is 3. The molecule has 19 heavy (non-hydrogen) atoms. The molecule has 1 aliphatic rings. The fraction of sp³-hybridized carbons (Fsp3) is 0.385. The van der Waals surface area contributed by atoms with Crippen LogP contribution in [0.1, 0.15) is 10.5 Å². The van der Waals surface area contributed by atoms with Gasteiger partial charge >= 0.3 is 0 Å². The van der Waals surface area contributed by atoms with Crippen LogP contribution in [0.3, 0.4) is 0 Å². The summed E-state index contributed by atoms with van der Waals surface area (Å²) in [6.07, 6.45) is 0. The van der Waals surface area contributed by atoms with Crippen LogP contribution in [0.25, 0.3) is 10.9 Å². The number of aryl methyl sites for hydroxylation is 1. The van der Waals surface area contributed by atoms with Crippen molar-refractivity contribution < 1.29 is 9.18 Å². The minimum absolute atomic E-state index is 0.100. The van der Waals surface area contributed by atoms with Crippen molar-refractivity contribution in [1.29, 1.82) is 0 Å². The van der Waals surface area contributed by atoms with E-state index in [1.54, 1.807) is 22.7 Å². The summed E-state index contributed by atoms with van der Waals surface area (Å²) in [5, 5.41) is 4.85. The number of carbonyl (C=O) groups is 1. The Bertz CT molecular complexity index is 634. The van der Waals surface area contributed by atoms with E-state index in [1.165, 1.54) is 12.1 Å². The SMILES string of the molecule is Cn1nc(C(=O)N2CCSCC2)c2cc(F)ccc21. The number of thioether (sulfide) groups is 1. The third-order valence-electron chi connectivity index (χ3n) is 3.31. The molecule has 0 bridgehead atoms. The number of hydrogen-bond acceptors (Lipinski definition) is 3. The van der Waals surface area contributed by atoms with Gasteiger partial charge in [0.2, 0.25) is 0 Å². The van der Waals surface area contributed by atoms with E-state index in [-0.39, 0.29) is 11.7 Å². The molecule has 1 fully saturated rings. The van der Waals surface area contributed by atoms with Gasteiger partial charge in [-0.25, -0.2) is 4.39 Å². The molecule has 0 atom stereocenters. The monoisotopic (exact) mass is 279 g/mol. The Kier molecular flexibility index (Phi) is 3.18. The lowest BCUT2D eigenvalue weighted by atomic mass is 10.2. The number of halogens is 1. The van der Waals surface area contributed by atoms with Crippen molar-refractivity contribution in [1.82, 2.24) is 14.7 Å². The molecule has 1 aromatic heterocycles. The first-order valence-corrected chi connectivity index (χ1v) is 7.31. The summed E-state index contributed by atoms with van der Waals surface area (Å²) in [4.78, 5) is 14.3. The van der Waals surface area contributed by atoms with Crippen LogP contribution in [-0.4, -0.2) is 45.2 Å². The predicted molar refractivity (Wildman–Crippen MR) is 73.9 cm³/mol. The molecule has 1 amide bonds. The fourth-order valence-corrected chi connectivity index (χ4v) is 3.22. The van der Waals surface area contributed by atoms with E-state index in [1.807, 2.05) is 11.8 Å². The summed E-state index contributed by atoms with van der Waals surface area (Å²) in [6.45, 7) is 1.47. The van der Waals surface area contributed by atoms with Crippen molar-refractivity contribution in [3.05, 3.63) is 29.7 Å². The van der Waals surface area contributed by atoms with Crippen LogP contribution in [0.15, 0.2) is 18.2 Å². The van der Waals surface area contributed by atoms with Crippen LogP contribution in [0.2, 0.25) is 0 Å². The van der Waals surface area contributed by atoms with Crippen LogP contribution in [0, 0.1) is 5.82 Å². The summed E-state index contributed by atoms with van der Waals surface area (Å²) >= 11 is 1.84. The topological polar surface area (TPSA) is 38.1 Å². The fourth-order valence-electron chi connectivity index (χ4n) is 2.31. The highest BCUT2D eigenvalue weighted by Crippen LogP contribution is 2.21. The van der Waals surface area contributed by atoms with Crippen LogP contribution in [0.4, 0.5) is 4.39 Å². The number of carbonyl (C=O) groups excluding carboxylic acids is 1. The lowest BCUT2D eigenvalue weighted by Gasteiger charge is -2.25. The number of benzene rings is 1. The lowest BCUT2D eigenvalue weighted by Crippen LogP contribution is -2.38. The Morgan fingerprint density at radius 2 is 2.11 bits per heavy atom. The van der Waals surface area contributed by atoms with Gasteiger partial charge in [-0.2, -0.15) is 16.9 Å². The van der Waals surface area contributed by atoms with Crippen molar-refractivity contribution in [2.24, 2.45) is 7.05 Å². The maximum absolute atomic E-state index is 13.4. The maximum Gasteiger partial charge on any atom is 0.275 e. The average Bonchev–Trinajstić information content (AvgIpc) is 2.75. The summed E-state index contributed by atoms with van der Waals surface area (Å²) in [7, 11) is 1.77. The summed E-state index contributed by atoms with van der Waals surface area (Å²) in [5.41, 5.74) is 1.13. The Hall–Kier alpha value is -1.56. The molecule has 2 aromatic rings. The second-order valence-electron chi connectivity index (χ2n) is 4.54. The number of aromatic nitrogens is 2. The first kappa shape index (κ1) is 12.5. The van der Waals surface area contributed by atoms with Crippen LogP contribution >= 0.6 is 11.8 Å². The van der Waals surface area contributed by atoms with Gasteiger partial charge in [0.25, 0.3) is 5.91 Å². The minimum Gasteiger partial charge on any atom is -0.336 e. The van der Waals surface area contributed by atoms with Crippen LogP contribution in [0.5, 0.6) is 0 Å². The molecule has 0 saturated carbocycles. The Morgan fingerprint density at radius 3 is 2.84 bits per heavy atom. The van der Waals surface area contributed by atoms with Crippen molar-refractivity contribution in [2.75, 3.05) is 24.6 Å². The zero-order valence-electron chi connectivity index (χ0n) is 10.6. The van der Waals surface area contributed by atoms with E-state index in [0.29, 0.717) is 11.1 Å². The molecule has 0 radical (unpaired) electrons. The van der Waals surface area contributed by atoms with E-state index in [9.17, 15) is 9.18 Å². The molecule has 3 rings (SSSR count). The van der Waals surface area contributed by atoms with E-state index in [0.717, 1.165) is 30.1 Å². The highest BCUT2D eigenvalue weighted by Gasteiger charge is 2.23. The summed E-state index contributed by atoms with van der Waals surface area (Å²) in [6, 6.07) is 4.42. The van der Waals surface area contributed by atoms with Crippen molar-refractivity contribution in [3.8, 4) is 0 Å². The molecular formula is C13H14FN3OS. The molecule has 0 N–H and O–H groups in total. The number of rotatable bonds is 1. The highest BCUT2D eigenvalue weighted by atomic mass is 32.2. The summed E-state index contributed by atoms with van der Waals surface area (Å²) < 4.78 is 15.0. The number of amides is 1. The van der Waals surface area contributed by atoms with Gasteiger partial charge in [-0.1, -0.05) is 0 Å². The Morgan fingerprint density at radius 1 is 1.37 bits per heavy atom. The molecular weight excluding hydrogens is 265 g/mol. The largest absolute Gasteiger partial charge is 0.336 e. The van der Waals surface area contributed by atoms with Gasteiger partial charge in [0.15, 0.2) is 5.69 Å². The normalized spacial score (nSPS) is 16.0. The van der Waals surface area contributed by atoms with Crippen molar-refractivity contribution in [3.63, 3.8) is 0 Å². The first-order chi connectivity index (χ1) is 9.16. The van der Waals surface area contributed by atoms with Crippen LogP contribution in [-0.2, 0) is 7.05 Å². The smallest absolute Gasteiger partial charge is 0.275 e. The number of fused-ring (bicyclic) bond motifs is 1. The maximum atomic E-state index is 13.4. The molecule has 6 heteroatoms. The van der Waals surface area contributed by atoms with Gasteiger partial charge < -0.3 is 4.90 Å². The van der Waals surface area contributed by atoms with Gasteiger partial charge in [0.1, 0.15) is 5.82 Å². The van der Waals surface area contributed by atoms with Gasteiger partial charge in [0.05, 0.1) is 5.52 Å². The molecule has 0 spiro atoms. The standard InChI is InChI=1S/C13H14FN3OS/c1-16-11-3-2-9(14)8-10(11)12(15-16)13(18)17-4-6-19-7-5-17/h2-3,8H,4-7H2,1H3. The van der Waals surface area contributed by atoms with Crippen molar-refractivity contribution >= 4 is 28.6 Å². The summed E-state index contributed by atoms with van der Waals surface area (Å²) in [5.74, 6) is 1.45. The van der Waals surface area contributed by atoms with Gasteiger partial charge in [-0.15, -0.1) is 0 Å². The molecule has 100 valence electrons.